The van der Waals surface area contributed by atoms with Crippen LogP contribution in [0.25, 0.3) is 0 Å². The molecule has 0 bridgehead atoms. The molecular weight excluding hydrogens is 243 g/mol. The molecule has 2 aromatic heterocycles. The van der Waals surface area contributed by atoms with Crippen molar-refractivity contribution in [2.24, 2.45) is 0 Å². The van der Waals surface area contributed by atoms with E-state index >= 15 is 0 Å². The zero-order valence-electron chi connectivity index (χ0n) is 8.88. The van der Waals surface area contributed by atoms with Crippen molar-refractivity contribution in [3.05, 3.63) is 47.8 Å². The summed E-state index contributed by atoms with van der Waals surface area (Å²) in [5.41, 5.74) is -0.132. The van der Waals surface area contributed by atoms with Crippen LogP contribution in [0.4, 0.5) is 10.2 Å². The van der Waals surface area contributed by atoms with E-state index in [1.165, 1.54) is 6.07 Å². The molecule has 0 aliphatic carbocycles. The van der Waals surface area contributed by atoms with Gasteiger partial charge in [0.15, 0.2) is 5.76 Å². The van der Waals surface area contributed by atoms with Crippen molar-refractivity contribution >= 4 is 17.7 Å². The van der Waals surface area contributed by atoms with Crippen LogP contribution in [0, 0.1) is 5.82 Å². The summed E-state index contributed by atoms with van der Waals surface area (Å²) in [4.78, 5) is 25.8. The SMILES string of the molecule is O=C(O)c1coc(C(=O)Nc2ccc(F)cn2)c1. The van der Waals surface area contributed by atoms with Crippen LogP contribution in [-0.4, -0.2) is 22.0 Å². The summed E-state index contributed by atoms with van der Waals surface area (Å²) in [6, 6.07) is 3.49. The number of hydrogen-bond acceptors (Lipinski definition) is 4. The lowest BCUT2D eigenvalue weighted by Gasteiger charge is -2.00. The number of carbonyl (C=O) groups excluding carboxylic acids is 1. The third-order valence-corrected chi connectivity index (χ3v) is 2.04. The Labute approximate surface area is 100 Å². The minimum Gasteiger partial charge on any atom is -0.478 e. The van der Waals surface area contributed by atoms with Crippen LogP contribution in [0.2, 0.25) is 0 Å². The number of amides is 1. The van der Waals surface area contributed by atoms with Gasteiger partial charge in [0.1, 0.15) is 17.9 Å². The molecule has 0 aromatic carbocycles. The molecule has 18 heavy (non-hydrogen) atoms. The number of nitrogens with one attached hydrogen (secondary N) is 1. The second-order valence-electron chi connectivity index (χ2n) is 3.32. The maximum atomic E-state index is 12.6. The van der Waals surface area contributed by atoms with E-state index in [1.54, 1.807) is 0 Å². The molecule has 0 saturated carbocycles. The lowest BCUT2D eigenvalue weighted by Crippen LogP contribution is -2.12. The van der Waals surface area contributed by atoms with E-state index in [1.807, 2.05) is 0 Å². The molecule has 0 radical (unpaired) electrons. The van der Waals surface area contributed by atoms with Gasteiger partial charge in [-0.15, -0.1) is 0 Å². The summed E-state index contributed by atoms with van der Waals surface area (Å²) in [6.45, 7) is 0. The lowest BCUT2D eigenvalue weighted by molar-refractivity contribution is 0.0696. The Balaban J connectivity index is 2.11. The number of pyridine rings is 1. The normalized spacial score (nSPS) is 10.1. The second kappa shape index (κ2) is 4.66. The molecule has 6 nitrogen and oxygen atoms in total. The molecule has 0 atom stereocenters. The van der Waals surface area contributed by atoms with Crippen molar-refractivity contribution in [3.63, 3.8) is 0 Å². The number of anilines is 1. The number of halogens is 1. The monoisotopic (exact) mass is 250 g/mol. The smallest absolute Gasteiger partial charge is 0.338 e. The first-order valence-electron chi connectivity index (χ1n) is 4.81. The van der Waals surface area contributed by atoms with Crippen LogP contribution >= 0.6 is 0 Å². The number of carbonyl (C=O) groups is 2. The van der Waals surface area contributed by atoms with Gasteiger partial charge in [0.2, 0.25) is 0 Å². The number of carboxylic acid groups (broad SMARTS) is 1. The largest absolute Gasteiger partial charge is 0.478 e. The number of nitrogens with zero attached hydrogens (tertiary/aromatic N) is 1. The minimum absolute atomic E-state index is 0.132. The predicted molar refractivity (Wildman–Crippen MR) is 57.8 cm³/mol. The summed E-state index contributed by atoms with van der Waals surface area (Å²) < 4.78 is 17.4. The van der Waals surface area contributed by atoms with Crippen molar-refractivity contribution in [3.8, 4) is 0 Å². The molecule has 2 aromatic rings. The number of rotatable bonds is 3. The van der Waals surface area contributed by atoms with Crippen LogP contribution in [0.5, 0.6) is 0 Å². The van der Waals surface area contributed by atoms with E-state index in [0.717, 1.165) is 24.6 Å². The van der Waals surface area contributed by atoms with E-state index in [0.29, 0.717) is 0 Å². The van der Waals surface area contributed by atoms with Crippen LogP contribution < -0.4 is 5.32 Å². The van der Waals surface area contributed by atoms with Crippen LogP contribution in [-0.2, 0) is 0 Å². The van der Waals surface area contributed by atoms with Gasteiger partial charge in [-0.1, -0.05) is 0 Å². The summed E-state index contributed by atoms with van der Waals surface area (Å²) in [7, 11) is 0. The Morgan fingerprint density at radius 3 is 2.72 bits per heavy atom. The molecule has 1 amide bonds. The first-order valence-corrected chi connectivity index (χ1v) is 4.81. The van der Waals surface area contributed by atoms with Gasteiger partial charge < -0.3 is 14.8 Å². The molecule has 0 aliphatic rings. The van der Waals surface area contributed by atoms with E-state index in [2.05, 4.69) is 10.3 Å². The summed E-state index contributed by atoms with van der Waals surface area (Å²) in [6.07, 6.45) is 1.90. The molecule has 0 unspecified atom stereocenters. The van der Waals surface area contributed by atoms with Gasteiger partial charge in [-0.2, -0.15) is 0 Å². The van der Waals surface area contributed by atoms with Crippen molar-refractivity contribution in [2.75, 3.05) is 5.32 Å². The van der Waals surface area contributed by atoms with Gasteiger partial charge in [0.25, 0.3) is 5.91 Å². The minimum atomic E-state index is -1.20. The first kappa shape index (κ1) is 11.8. The number of hydrogen-bond donors (Lipinski definition) is 2. The Morgan fingerprint density at radius 2 is 2.17 bits per heavy atom. The van der Waals surface area contributed by atoms with E-state index in [-0.39, 0.29) is 17.1 Å². The fourth-order valence-electron chi connectivity index (χ4n) is 1.20. The van der Waals surface area contributed by atoms with Crippen LogP contribution in [0.1, 0.15) is 20.9 Å². The van der Waals surface area contributed by atoms with Gasteiger partial charge >= 0.3 is 5.97 Å². The fraction of sp³-hybridized carbons (Fsp3) is 0. The number of aromatic carboxylic acids is 1. The molecule has 0 aliphatic heterocycles. The Bertz CT molecular complexity index is 591. The number of furan rings is 1. The molecule has 2 heterocycles. The number of carboxylic acids is 1. The molecule has 0 fully saturated rings. The van der Waals surface area contributed by atoms with E-state index in [4.69, 9.17) is 9.52 Å². The molecule has 92 valence electrons. The Morgan fingerprint density at radius 1 is 1.39 bits per heavy atom. The number of aromatic nitrogens is 1. The predicted octanol–water partition coefficient (Wildman–Crippen LogP) is 1.76. The standard InChI is InChI=1S/C11H7FN2O4/c12-7-1-2-9(13-4-7)14-10(15)8-3-6(5-18-8)11(16)17/h1-5H,(H,16,17)(H,13,14,15). The van der Waals surface area contributed by atoms with Crippen molar-refractivity contribution in [2.45, 2.75) is 0 Å². The maximum Gasteiger partial charge on any atom is 0.338 e. The maximum absolute atomic E-state index is 12.6. The summed E-state index contributed by atoms with van der Waals surface area (Å²) >= 11 is 0. The Kier molecular flexibility index (Phi) is 3.05. The molecule has 0 spiro atoms. The van der Waals surface area contributed by atoms with Crippen LogP contribution in [0.3, 0.4) is 0 Å². The average molecular weight is 250 g/mol. The lowest BCUT2D eigenvalue weighted by atomic mass is 10.3. The zero-order chi connectivity index (χ0) is 13.1. The van der Waals surface area contributed by atoms with Crippen LogP contribution in [0.15, 0.2) is 35.1 Å². The van der Waals surface area contributed by atoms with Crippen molar-refractivity contribution < 1.29 is 23.5 Å². The van der Waals surface area contributed by atoms with Gasteiger partial charge in [-0.25, -0.2) is 14.2 Å². The first-order chi connectivity index (χ1) is 8.56. The third kappa shape index (κ3) is 2.51. The Hall–Kier alpha value is -2.70. The highest BCUT2D eigenvalue weighted by Gasteiger charge is 2.15. The van der Waals surface area contributed by atoms with E-state index < -0.39 is 17.7 Å². The average Bonchev–Trinajstić information content (AvgIpc) is 2.81. The topological polar surface area (TPSA) is 92.4 Å². The highest BCUT2D eigenvalue weighted by molar-refractivity contribution is 6.03. The molecular formula is C11H7FN2O4. The van der Waals surface area contributed by atoms with Crippen molar-refractivity contribution in [1.29, 1.82) is 0 Å². The van der Waals surface area contributed by atoms with Gasteiger partial charge in [0, 0.05) is 6.07 Å². The third-order valence-electron chi connectivity index (χ3n) is 2.04. The molecule has 2 rings (SSSR count). The molecule has 7 heteroatoms. The van der Waals surface area contributed by atoms with E-state index in [9.17, 15) is 14.0 Å². The summed E-state index contributed by atoms with van der Waals surface area (Å²) in [5.74, 6) is -2.42. The molecule has 0 saturated heterocycles. The van der Waals surface area contributed by atoms with Gasteiger partial charge in [-0.3, -0.25) is 4.79 Å². The highest BCUT2D eigenvalue weighted by atomic mass is 19.1. The highest BCUT2D eigenvalue weighted by Crippen LogP contribution is 2.11. The second-order valence-corrected chi connectivity index (χ2v) is 3.32. The summed E-state index contributed by atoms with van der Waals surface area (Å²) in [5, 5.41) is 11.0. The van der Waals surface area contributed by atoms with Gasteiger partial charge in [-0.05, 0) is 12.1 Å². The fourth-order valence-corrected chi connectivity index (χ4v) is 1.20. The zero-order valence-corrected chi connectivity index (χ0v) is 8.88. The van der Waals surface area contributed by atoms with Gasteiger partial charge in [0.05, 0.1) is 11.8 Å². The molecule has 2 N–H and O–H groups in total. The quantitative estimate of drug-likeness (QED) is 0.865. The van der Waals surface area contributed by atoms with Crippen molar-refractivity contribution in [1.82, 2.24) is 4.98 Å².